The number of hydrogen-bond acceptors (Lipinski definition) is 4. The fourth-order valence-corrected chi connectivity index (χ4v) is 7.39. The Kier molecular flexibility index (Phi) is 7.82. The van der Waals surface area contributed by atoms with Crippen LogP contribution in [0.4, 0.5) is 0 Å². The van der Waals surface area contributed by atoms with E-state index in [4.69, 9.17) is 19.6 Å². The highest BCUT2D eigenvalue weighted by Gasteiger charge is 2.22. The van der Waals surface area contributed by atoms with E-state index in [9.17, 15) is 0 Å². The highest BCUT2D eigenvalue weighted by Crippen LogP contribution is 2.39. The minimum Gasteiger partial charge on any atom is -0.416 e. The first-order valence-corrected chi connectivity index (χ1v) is 17.3. The molecule has 0 unspecified atom stereocenters. The maximum Gasteiger partial charge on any atom is 0.104 e. The number of rotatable bonds is 6. The number of aromatic nitrogens is 4. The highest BCUT2D eigenvalue weighted by atomic mass is 16.6. The largest absolute Gasteiger partial charge is 0.416 e. The van der Waals surface area contributed by atoms with Crippen LogP contribution in [0.25, 0.3) is 90.9 Å². The predicted octanol–water partition coefficient (Wildman–Crippen LogP) is 10.4. The molecule has 0 saturated carbocycles. The summed E-state index contributed by atoms with van der Waals surface area (Å²) in [4.78, 5) is 23.4. The van der Waals surface area contributed by atoms with Gasteiger partial charge in [-0.1, -0.05) is 121 Å². The number of nitrogens with zero attached hydrogens (tertiary/aromatic N) is 4. The van der Waals surface area contributed by atoms with Gasteiger partial charge >= 0.3 is 0 Å². The number of benzene rings is 4. The zero-order valence-electron chi connectivity index (χ0n) is 28.8. The van der Waals surface area contributed by atoms with E-state index in [1.165, 1.54) is 0 Å². The lowest BCUT2D eigenvalue weighted by Gasteiger charge is -2.13. The van der Waals surface area contributed by atoms with Crippen molar-refractivity contribution in [3.63, 3.8) is 0 Å². The average molecular weight is 675 g/mol. The van der Waals surface area contributed by atoms with Crippen LogP contribution >= 0.6 is 0 Å². The van der Waals surface area contributed by atoms with E-state index in [0.29, 0.717) is 0 Å². The van der Waals surface area contributed by atoms with Crippen LogP contribution in [-0.2, 0) is 0 Å². The molecule has 0 radical (unpaired) electrons. The van der Waals surface area contributed by atoms with E-state index in [1.807, 2.05) is 33.7 Å². The van der Waals surface area contributed by atoms with E-state index in [0.717, 1.165) is 89.4 Å². The normalized spacial score (nSPS) is 11.9. The fourth-order valence-electron chi connectivity index (χ4n) is 7.39. The molecule has 0 atom stereocenters. The molecule has 0 aliphatic carbocycles. The van der Waals surface area contributed by atoms with Gasteiger partial charge in [0.25, 0.3) is 0 Å². The van der Waals surface area contributed by atoms with Crippen LogP contribution in [0.15, 0.2) is 146 Å². The zero-order chi connectivity index (χ0) is 35.0. The van der Waals surface area contributed by atoms with Gasteiger partial charge in [0, 0.05) is 22.3 Å². The van der Waals surface area contributed by atoms with E-state index in [2.05, 4.69) is 146 Å². The molecular weight excluding hydrogens is 641 g/mol. The van der Waals surface area contributed by atoms with Crippen molar-refractivity contribution in [2.24, 2.45) is 0 Å². The van der Waals surface area contributed by atoms with Crippen LogP contribution in [0.3, 0.4) is 0 Å². The Morgan fingerprint density at radius 1 is 0.327 bits per heavy atom. The van der Waals surface area contributed by atoms with Crippen LogP contribution in [0.2, 0.25) is 0 Å². The Morgan fingerprint density at radius 3 is 0.769 bits per heavy atom. The molecule has 52 heavy (non-hydrogen) atoms. The smallest absolute Gasteiger partial charge is 0.104 e. The molecule has 7 aromatic rings. The van der Waals surface area contributed by atoms with Crippen LogP contribution in [0.5, 0.6) is 0 Å². The molecule has 0 N–H and O–H groups in total. The lowest BCUT2D eigenvalue weighted by molar-refractivity contribution is 0.190. The van der Waals surface area contributed by atoms with E-state index >= 15 is 0 Å². The second-order valence-electron chi connectivity index (χ2n) is 12.6. The molecule has 2 aliphatic heterocycles. The summed E-state index contributed by atoms with van der Waals surface area (Å²) < 4.78 is 3.81. The van der Waals surface area contributed by atoms with Crippen LogP contribution in [-0.4, -0.2) is 33.6 Å². The molecule has 4 aromatic carbocycles. The van der Waals surface area contributed by atoms with E-state index < -0.39 is 0 Å². The standard InChI is InChI=1S/C46H34N4O2/c1-51-49-39-27-28-40(49)44(32-17-9-4-10-18-32)36-24-26-38(48-36)46(34-21-13-6-14-22-34)42-30-29-41(50(42)52-2)45(33-19-11-5-12-20-33)37-25-23-35(47-37)43(39)31-15-7-3-8-16-31/h3-30H,1-2H3. The quantitative estimate of drug-likeness (QED) is 0.176. The molecule has 0 spiro atoms. The molecule has 9 rings (SSSR count). The van der Waals surface area contributed by atoms with Crippen molar-refractivity contribution in [3.05, 3.63) is 168 Å². The maximum atomic E-state index is 6.28. The first kappa shape index (κ1) is 31.1. The number of hydrogen-bond donors (Lipinski definition) is 0. The van der Waals surface area contributed by atoms with E-state index in [-0.39, 0.29) is 0 Å². The van der Waals surface area contributed by atoms with Crippen molar-refractivity contribution >= 4 is 46.4 Å². The van der Waals surface area contributed by atoms with Gasteiger partial charge in [-0.25, -0.2) is 9.97 Å². The molecule has 0 saturated heterocycles. The first-order chi connectivity index (χ1) is 25.7. The minimum absolute atomic E-state index is 0.826. The van der Waals surface area contributed by atoms with Gasteiger partial charge in [-0.15, -0.1) is 0 Å². The molecule has 0 amide bonds. The summed E-state index contributed by atoms with van der Waals surface area (Å²) in [5, 5.41) is 0. The average Bonchev–Trinajstić information content (AvgIpc) is 4.03. The molecule has 5 heterocycles. The summed E-state index contributed by atoms with van der Waals surface area (Å²) in [5.41, 5.74) is 14.7. The summed E-state index contributed by atoms with van der Waals surface area (Å²) in [6.07, 6.45) is 8.39. The summed E-state index contributed by atoms with van der Waals surface area (Å²) >= 11 is 0. The van der Waals surface area contributed by atoms with Crippen molar-refractivity contribution in [2.45, 2.75) is 0 Å². The monoisotopic (exact) mass is 674 g/mol. The van der Waals surface area contributed by atoms with Crippen molar-refractivity contribution < 1.29 is 9.68 Å². The number of fused-ring (bicyclic) bond motifs is 8. The van der Waals surface area contributed by atoms with Crippen LogP contribution in [0.1, 0.15) is 22.8 Å². The van der Waals surface area contributed by atoms with Crippen molar-refractivity contribution in [1.29, 1.82) is 0 Å². The van der Waals surface area contributed by atoms with Gasteiger partial charge in [-0.2, -0.15) is 9.46 Å². The van der Waals surface area contributed by atoms with E-state index in [1.54, 1.807) is 14.2 Å². The molecule has 250 valence electrons. The van der Waals surface area contributed by atoms with Gasteiger partial charge in [-0.3, -0.25) is 0 Å². The first-order valence-electron chi connectivity index (χ1n) is 17.3. The van der Waals surface area contributed by atoms with Gasteiger partial charge in [-0.05, 0) is 70.8 Å². The third-order valence-electron chi connectivity index (χ3n) is 9.62. The molecule has 3 aromatic heterocycles. The van der Waals surface area contributed by atoms with Gasteiger partial charge in [0.2, 0.25) is 0 Å². The topological polar surface area (TPSA) is 54.1 Å². The molecule has 0 fully saturated rings. The summed E-state index contributed by atoms with van der Waals surface area (Å²) in [6.45, 7) is 0. The van der Waals surface area contributed by atoms with Gasteiger partial charge in [0.1, 0.15) is 14.2 Å². The Morgan fingerprint density at radius 2 is 0.558 bits per heavy atom. The SMILES string of the molecule is COn1c2ccc1c(-c1ccccc1)c1nc(c(-c3ccccc3)c3ccc(c(-c4ccccc4)c4nc(c2-c2ccccc2)C=C4)n3OC)C=C1. The van der Waals surface area contributed by atoms with Crippen molar-refractivity contribution in [1.82, 2.24) is 19.4 Å². The Labute approximate surface area is 301 Å². The summed E-state index contributed by atoms with van der Waals surface area (Å²) in [5.74, 6) is 0. The second-order valence-corrected chi connectivity index (χ2v) is 12.6. The Bertz CT molecular complexity index is 2310. The molecule has 2 aliphatic rings. The van der Waals surface area contributed by atoms with Crippen LogP contribution in [0, 0.1) is 0 Å². The summed E-state index contributed by atoms with van der Waals surface area (Å²) in [7, 11) is 3.42. The minimum atomic E-state index is 0.826. The summed E-state index contributed by atoms with van der Waals surface area (Å²) in [6, 6.07) is 50.0. The molecule has 8 bridgehead atoms. The van der Waals surface area contributed by atoms with Crippen LogP contribution < -0.4 is 9.68 Å². The van der Waals surface area contributed by atoms with Crippen molar-refractivity contribution in [2.75, 3.05) is 14.2 Å². The van der Waals surface area contributed by atoms with Crippen molar-refractivity contribution in [3.8, 4) is 44.5 Å². The second kappa shape index (κ2) is 13.1. The maximum absolute atomic E-state index is 6.28. The fraction of sp³-hybridized carbons (Fsp3) is 0.0435. The van der Waals surface area contributed by atoms with Gasteiger partial charge in [0.15, 0.2) is 0 Å². The zero-order valence-corrected chi connectivity index (χ0v) is 28.8. The molecular formula is C46H34N4O2. The predicted molar refractivity (Wildman–Crippen MR) is 213 cm³/mol. The van der Waals surface area contributed by atoms with Gasteiger partial charge in [0.05, 0.1) is 44.8 Å². The Balaban J connectivity index is 1.55. The Hall–Kier alpha value is -6.92. The lowest BCUT2D eigenvalue weighted by Crippen LogP contribution is -2.07. The van der Waals surface area contributed by atoms with Gasteiger partial charge < -0.3 is 9.68 Å². The lowest BCUT2D eigenvalue weighted by atomic mass is 10.0. The molecule has 6 heteroatoms. The highest BCUT2D eigenvalue weighted by molar-refractivity contribution is 6.00. The molecule has 6 nitrogen and oxygen atoms in total. The third-order valence-corrected chi connectivity index (χ3v) is 9.62. The third kappa shape index (κ3) is 5.20.